The zero-order valence-corrected chi connectivity index (χ0v) is 6.81. The van der Waals surface area contributed by atoms with E-state index in [0.29, 0.717) is 0 Å². The van der Waals surface area contributed by atoms with Crippen LogP contribution in [0.1, 0.15) is 12.8 Å². The molecule has 0 atom stereocenters. The molecule has 1 nitrogen and oxygen atoms in total. The van der Waals surface area contributed by atoms with E-state index in [0.717, 1.165) is 0 Å². The van der Waals surface area contributed by atoms with Gasteiger partial charge >= 0.3 is 56.8 Å². The summed E-state index contributed by atoms with van der Waals surface area (Å²) in [6.07, 6.45) is 2.69. The van der Waals surface area contributed by atoms with E-state index < -0.39 is 0 Å². The van der Waals surface area contributed by atoms with Crippen LogP contribution < -0.4 is 0 Å². The summed E-state index contributed by atoms with van der Waals surface area (Å²) < 4.78 is 1.55. The van der Waals surface area contributed by atoms with Gasteiger partial charge < -0.3 is 0 Å². The summed E-state index contributed by atoms with van der Waals surface area (Å²) in [7, 11) is 2.16. The molecule has 0 radical (unpaired) electrons. The van der Waals surface area contributed by atoms with Crippen LogP contribution in [0.5, 0.6) is 0 Å². The van der Waals surface area contributed by atoms with Gasteiger partial charge in [0.15, 0.2) is 0 Å². The van der Waals surface area contributed by atoms with Gasteiger partial charge in [0.1, 0.15) is 0 Å². The molecule has 1 aliphatic heterocycles. The van der Waals surface area contributed by atoms with Crippen molar-refractivity contribution >= 4 is 25.5 Å². The molecule has 0 aliphatic carbocycles. The molecule has 7 heavy (non-hydrogen) atoms. The molecule has 0 aromatic carbocycles. The van der Waals surface area contributed by atoms with Crippen LogP contribution >= 0.6 is 0 Å². The summed E-state index contributed by atoms with van der Waals surface area (Å²) in [5.41, 5.74) is 0. The normalized spacial score (nSPS) is 21.3. The van der Waals surface area contributed by atoms with E-state index in [4.69, 9.17) is 0 Å². The SMILES string of the molecule is CN1CCCC1=[Te]. The maximum absolute atomic E-state index is 2.32. The van der Waals surface area contributed by atoms with E-state index in [2.05, 4.69) is 33.8 Å². The third-order valence-electron chi connectivity index (χ3n) is 1.31. The predicted molar refractivity (Wildman–Crippen MR) is 32.6 cm³/mol. The van der Waals surface area contributed by atoms with Crippen molar-refractivity contribution in [3.8, 4) is 0 Å². The van der Waals surface area contributed by atoms with Crippen LogP contribution in [0.3, 0.4) is 0 Å². The first-order valence-corrected chi connectivity index (χ1v) is 3.71. The summed E-state index contributed by atoms with van der Waals surface area (Å²) in [5.74, 6) is 0. The minimum absolute atomic E-state index is 1.27. The van der Waals surface area contributed by atoms with Crippen molar-refractivity contribution in [2.45, 2.75) is 12.8 Å². The molecule has 1 fully saturated rings. The van der Waals surface area contributed by atoms with E-state index in [1.807, 2.05) is 0 Å². The van der Waals surface area contributed by atoms with Gasteiger partial charge in [-0.25, -0.2) is 0 Å². The van der Waals surface area contributed by atoms with Crippen LogP contribution in [-0.2, 0) is 0 Å². The Hall–Kier alpha value is 0.460. The first-order valence-electron chi connectivity index (χ1n) is 2.54. The zero-order valence-electron chi connectivity index (χ0n) is 4.48. The van der Waals surface area contributed by atoms with Crippen LogP contribution in [0.25, 0.3) is 0 Å². The molecule has 0 N–H and O–H groups in total. The van der Waals surface area contributed by atoms with E-state index in [1.54, 1.807) is 3.67 Å². The zero-order chi connectivity index (χ0) is 5.28. The molecule has 40 valence electrons. The Morgan fingerprint density at radius 3 is 2.57 bits per heavy atom. The number of rotatable bonds is 0. The molecule has 2 heteroatoms. The Balaban J connectivity index is 2.48. The molecule has 1 saturated heterocycles. The molecular formula is C5H9NTe. The summed E-state index contributed by atoms with van der Waals surface area (Å²) in [5, 5.41) is 0. The molecule has 1 heterocycles. The fourth-order valence-electron chi connectivity index (χ4n) is 0.783. The average Bonchev–Trinajstić information content (AvgIpc) is 1.91. The van der Waals surface area contributed by atoms with Crippen molar-refractivity contribution in [1.82, 2.24) is 4.90 Å². The first kappa shape index (κ1) is 5.59. The van der Waals surface area contributed by atoms with Gasteiger partial charge in [-0.2, -0.15) is 0 Å². The van der Waals surface area contributed by atoms with Crippen LogP contribution in [-0.4, -0.2) is 44.0 Å². The Labute approximate surface area is 57.1 Å². The number of hydrogen-bond donors (Lipinski definition) is 0. The molecule has 0 bridgehead atoms. The van der Waals surface area contributed by atoms with Crippen LogP contribution in [0.15, 0.2) is 0 Å². The quantitative estimate of drug-likeness (QED) is 0.510. The monoisotopic (exact) mass is 213 g/mol. The second-order valence-corrected chi connectivity index (χ2v) is 3.26. The van der Waals surface area contributed by atoms with Gasteiger partial charge in [-0.15, -0.1) is 0 Å². The number of hydrogen-bond acceptors (Lipinski definition) is 1. The van der Waals surface area contributed by atoms with Crippen LogP contribution in [0.2, 0.25) is 0 Å². The number of nitrogens with zero attached hydrogens (tertiary/aromatic N) is 1. The van der Waals surface area contributed by atoms with Crippen molar-refractivity contribution in [2.75, 3.05) is 13.6 Å². The van der Waals surface area contributed by atoms with Gasteiger partial charge in [-0.05, 0) is 0 Å². The molecule has 0 spiro atoms. The molecule has 0 amide bonds. The molecule has 0 unspecified atom stereocenters. The third kappa shape index (κ3) is 1.17. The van der Waals surface area contributed by atoms with Crippen molar-refractivity contribution in [1.29, 1.82) is 0 Å². The minimum atomic E-state index is 1.27. The fraction of sp³-hybridized carbons (Fsp3) is 0.800. The van der Waals surface area contributed by atoms with Crippen LogP contribution in [0.4, 0.5) is 0 Å². The molecule has 0 aromatic rings. The first-order chi connectivity index (χ1) is 3.30. The summed E-state index contributed by atoms with van der Waals surface area (Å²) in [4.78, 5) is 2.32. The third-order valence-corrected chi connectivity index (χ3v) is 2.78. The van der Waals surface area contributed by atoms with Gasteiger partial charge in [-0.1, -0.05) is 0 Å². The second kappa shape index (κ2) is 2.15. The molecule has 1 aliphatic rings. The van der Waals surface area contributed by atoms with Crippen molar-refractivity contribution < 1.29 is 0 Å². The average molecular weight is 211 g/mol. The fourth-order valence-corrected chi connectivity index (χ4v) is 1.46. The standard InChI is InChI=1S/C5H9NTe/c1-6-4-2-3-5(6)7/h2-4H2,1H3. The van der Waals surface area contributed by atoms with E-state index >= 15 is 0 Å². The Bertz CT molecular complexity index is 90.1. The number of likely N-dealkylation sites (tertiary alicyclic amines) is 1. The molecule has 0 aromatic heterocycles. The summed E-state index contributed by atoms with van der Waals surface area (Å²) >= 11 is 2.13. The van der Waals surface area contributed by atoms with Crippen LogP contribution in [0, 0.1) is 0 Å². The van der Waals surface area contributed by atoms with Crippen molar-refractivity contribution in [2.24, 2.45) is 0 Å². The second-order valence-electron chi connectivity index (χ2n) is 1.92. The summed E-state index contributed by atoms with van der Waals surface area (Å²) in [6, 6.07) is 0. The van der Waals surface area contributed by atoms with E-state index in [1.165, 1.54) is 19.4 Å². The summed E-state index contributed by atoms with van der Waals surface area (Å²) in [6.45, 7) is 1.27. The van der Waals surface area contributed by atoms with Gasteiger partial charge in [0.25, 0.3) is 0 Å². The van der Waals surface area contributed by atoms with Gasteiger partial charge in [-0.3, -0.25) is 0 Å². The Morgan fingerprint density at radius 1 is 1.71 bits per heavy atom. The topological polar surface area (TPSA) is 3.24 Å². The van der Waals surface area contributed by atoms with Crippen molar-refractivity contribution in [3.63, 3.8) is 0 Å². The Morgan fingerprint density at radius 2 is 2.43 bits per heavy atom. The maximum atomic E-state index is 2.32. The van der Waals surface area contributed by atoms with Gasteiger partial charge in [0.2, 0.25) is 0 Å². The molecular weight excluding hydrogens is 202 g/mol. The van der Waals surface area contributed by atoms with Gasteiger partial charge in [0.05, 0.1) is 0 Å². The molecule has 0 saturated carbocycles. The Kier molecular flexibility index (Phi) is 1.72. The van der Waals surface area contributed by atoms with E-state index in [-0.39, 0.29) is 0 Å². The predicted octanol–water partition coefficient (Wildman–Crippen LogP) is 0.0104. The van der Waals surface area contributed by atoms with Crippen molar-refractivity contribution in [3.05, 3.63) is 0 Å². The van der Waals surface area contributed by atoms with E-state index in [9.17, 15) is 0 Å². The molecule has 1 rings (SSSR count). The van der Waals surface area contributed by atoms with Gasteiger partial charge in [0, 0.05) is 0 Å².